The number of aryl methyl sites for hydroxylation is 2. The number of amides is 1. The van der Waals surface area contributed by atoms with Gasteiger partial charge < -0.3 is 14.6 Å². The summed E-state index contributed by atoms with van der Waals surface area (Å²) in [6, 6.07) is 0.183. The summed E-state index contributed by atoms with van der Waals surface area (Å²) in [6.07, 6.45) is 1.95. The lowest BCUT2D eigenvalue weighted by molar-refractivity contribution is -0.139. The predicted octanol–water partition coefficient (Wildman–Crippen LogP) is 0.957. The summed E-state index contributed by atoms with van der Waals surface area (Å²) in [7, 11) is 0. The number of nitrogens with one attached hydrogen (secondary N) is 1. The number of nitrogens with zero attached hydrogens (tertiary/aromatic N) is 2. The van der Waals surface area contributed by atoms with Gasteiger partial charge in [0.15, 0.2) is 0 Å². The summed E-state index contributed by atoms with van der Waals surface area (Å²) in [5, 5.41) is 0. The quantitative estimate of drug-likeness (QED) is 0.897. The Morgan fingerprint density at radius 3 is 2.90 bits per heavy atom. The summed E-state index contributed by atoms with van der Waals surface area (Å²) in [4.78, 5) is 32.2. The summed E-state index contributed by atoms with van der Waals surface area (Å²) in [5.74, 6) is 0.148. The van der Waals surface area contributed by atoms with Gasteiger partial charge in [0.2, 0.25) is 5.91 Å². The van der Waals surface area contributed by atoms with E-state index in [1.165, 1.54) is 0 Å². The first-order chi connectivity index (χ1) is 10.0. The van der Waals surface area contributed by atoms with E-state index in [9.17, 15) is 9.59 Å². The van der Waals surface area contributed by atoms with Crippen molar-refractivity contribution in [3.05, 3.63) is 27.4 Å². The molecule has 6 nitrogen and oxygen atoms in total. The topological polar surface area (TPSA) is 75.3 Å². The molecule has 6 heteroatoms. The van der Waals surface area contributed by atoms with Crippen LogP contribution >= 0.6 is 0 Å². The number of H-pyrrole nitrogens is 1. The molecule has 1 aliphatic rings. The van der Waals surface area contributed by atoms with Gasteiger partial charge >= 0.3 is 5.69 Å². The number of carbonyl (C=O) groups is 1. The van der Waals surface area contributed by atoms with Crippen molar-refractivity contribution in [3.8, 4) is 0 Å². The lowest BCUT2D eigenvalue weighted by Crippen LogP contribution is -2.48. The molecule has 0 aliphatic carbocycles. The molecule has 0 bridgehead atoms. The van der Waals surface area contributed by atoms with E-state index in [1.807, 2.05) is 18.7 Å². The number of rotatable bonds is 4. The molecule has 21 heavy (non-hydrogen) atoms. The predicted molar refractivity (Wildman–Crippen MR) is 79.3 cm³/mol. The van der Waals surface area contributed by atoms with E-state index in [-0.39, 0.29) is 17.6 Å². The molecule has 0 spiro atoms. The molecule has 1 saturated heterocycles. The van der Waals surface area contributed by atoms with Crippen LogP contribution < -0.4 is 5.69 Å². The highest BCUT2D eigenvalue weighted by Crippen LogP contribution is 2.15. The van der Waals surface area contributed by atoms with E-state index in [4.69, 9.17) is 4.74 Å². The van der Waals surface area contributed by atoms with Crippen LogP contribution in [0.3, 0.4) is 0 Å². The van der Waals surface area contributed by atoms with Crippen LogP contribution in [0.5, 0.6) is 0 Å². The Morgan fingerprint density at radius 2 is 2.24 bits per heavy atom. The van der Waals surface area contributed by atoms with Crippen molar-refractivity contribution in [1.29, 1.82) is 0 Å². The second kappa shape index (κ2) is 6.85. The number of hydrogen-bond acceptors (Lipinski definition) is 4. The molecular weight excluding hydrogens is 270 g/mol. The number of hydrogen-bond donors (Lipinski definition) is 1. The summed E-state index contributed by atoms with van der Waals surface area (Å²) < 4.78 is 5.42. The van der Waals surface area contributed by atoms with Crippen molar-refractivity contribution < 1.29 is 9.53 Å². The first-order valence-corrected chi connectivity index (χ1v) is 7.46. The van der Waals surface area contributed by atoms with Gasteiger partial charge in [0.1, 0.15) is 0 Å². The van der Waals surface area contributed by atoms with Gasteiger partial charge in [-0.2, -0.15) is 4.98 Å². The van der Waals surface area contributed by atoms with E-state index in [2.05, 4.69) is 16.9 Å². The van der Waals surface area contributed by atoms with Crippen LogP contribution in [0.4, 0.5) is 0 Å². The molecular formula is C15H23N3O3. The molecule has 0 aromatic carbocycles. The standard InChI is InChI=1S/C15H23N3O3/c1-4-12-9-21-8-7-18(12)14(19)6-5-13-10(2)16-15(20)17-11(13)3/h12H,4-9H2,1-3H3,(H,16,17,20)/t12-/m0/s1. The third kappa shape index (κ3) is 3.69. The molecule has 0 unspecified atom stereocenters. The van der Waals surface area contributed by atoms with Gasteiger partial charge in [0.05, 0.1) is 19.3 Å². The van der Waals surface area contributed by atoms with Crippen LogP contribution in [0.2, 0.25) is 0 Å². The van der Waals surface area contributed by atoms with Crippen LogP contribution in [0.15, 0.2) is 4.79 Å². The highest BCUT2D eigenvalue weighted by Gasteiger charge is 2.25. The number of carbonyl (C=O) groups excluding carboxylic acids is 1. The Morgan fingerprint density at radius 1 is 1.48 bits per heavy atom. The zero-order valence-corrected chi connectivity index (χ0v) is 12.9. The Bertz CT molecular complexity index is 542. The highest BCUT2D eigenvalue weighted by atomic mass is 16.5. The zero-order chi connectivity index (χ0) is 15.4. The van der Waals surface area contributed by atoms with Crippen molar-refractivity contribution in [2.75, 3.05) is 19.8 Å². The molecule has 1 aromatic rings. The number of aromatic nitrogens is 2. The number of aromatic amines is 1. The van der Waals surface area contributed by atoms with E-state index in [0.717, 1.165) is 17.7 Å². The molecule has 1 aromatic heterocycles. The van der Waals surface area contributed by atoms with Gasteiger partial charge in [-0.3, -0.25) is 4.79 Å². The third-order valence-electron chi connectivity index (χ3n) is 4.06. The average molecular weight is 293 g/mol. The van der Waals surface area contributed by atoms with Gasteiger partial charge in [-0.05, 0) is 32.3 Å². The number of morpholine rings is 1. The fourth-order valence-corrected chi connectivity index (χ4v) is 2.82. The highest BCUT2D eigenvalue weighted by molar-refractivity contribution is 5.77. The minimum Gasteiger partial charge on any atom is -0.377 e. The second-order valence-corrected chi connectivity index (χ2v) is 5.46. The van der Waals surface area contributed by atoms with Gasteiger partial charge in [-0.25, -0.2) is 4.79 Å². The van der Waals surface area contributed by atoms with Crippen molar-refractivity contribution in [3.63, 3.8) is 0 Å². The fraction of sp³-hybridized carbons (Fsp3) is 0.667. The average Bonchev–Trinajstić information content (AvgIpc) is 2.45. The van der Waals surface area contributed by atoms with Crippen molar-refractivity contribution in [2.24, 2.45) is 0 Å². The summed E-state index contributed by atoms with van der Waals surface area (Å²) >= 11 is 0. The molecule has 1 N–H and O–H groups in total. The molecule has 1 aliphatic heterocycles. The minimum absolute atomic E-state index is 0.148. The third-order valence-corrected chi connectivity index (χ3v) is 4.06. The fourth-order valence-electron chi connectivity index (χ4n) is 2.82. The SMILES string of the molecule is CC[C@H]1COCCN1C(=O)CCc1c(C)nc(=O)[nH]c1C. The van der Waals surface area contributed by atoms with E-state index >= 15 is 0 Å². The van der Waals surface area contributed by atoms with Crippen LogP contribution in [-0.4, -0.2) is 46.6 Å². The van der Waals surface area contributed by atoms with Crippen LogP contribution in [0.25, 0.3) is 0 Å². The Balaban J connectivity index is 2.02. The maximum absolute atomic E-state index is 12.4. The van der Waals surface area contributed by atoms with Gasteiger partial charge in [0.25, 0.3) is 0 Å². The molecule has 0 saturated carbocycles. The lowest BCUT2D eigenvalue weighted by Gasteiger charge is -2.35. The zero-order valence-electron chi connectivity index (χ0n) is 12.9. The molecule has 2 rings (SSSR count). The molecule has 1 atom stereocenters. The van der Waals surface area contributed by atoms with Crippen LogP contribution in [0.1, 0.15) is 36.7 Å². The van der Waals surface area contributed by atoms with Crippen molar-refractivity contribution >= 4 is 5.91 Å². The van der Waals surface area contributed by atoms with Gasteiger partial charge in [-0.1, -0.05) is 6.92 Å². The van der Waals surface area contributed by atoms with Crippen molar-refractivity contribution in [2.45, 2.75) is 46.1 Å². The summed E-state index contributed by atoms with van der Waals surface area (Å²) in [5.41, 5.74) is 2.14. The number of ether oxygens (including phenoxy) is 1. The van der Waals surface area contributed by atoms with E-state index < -0.39 is 0 Å². The maximum atomic E-state index is 12.4. The van der Waals surface area contributed by atoms with Crippen LogP contribution in [0, 0.1) is 13.8 Å². The minimum atomic E-state index is -0.334. The maximum Gasteiger partial charge on any atom is 0.345 e. The molecule has 0 radical (unpaired) electrons. The Labute approximate surface area is 124 Å². The molecule has 116 valence electrons. The monoisotopic (exact) mass is 293 g/mol. The molecule has 2 heterocycles. The Hall–Kier alpha value is -1.69. The van der Waals surface area contributed by atoms with Crippen LogP contribution in [-0.2, 0) is 16.0 Å². The van der Waals surface area contributed by atoms with Gasteiger partial charge in [0, 0.05) is 24.4 Å². The van der Waals surface area contributed by atoms with Crippen molar-refractivity contribution in [1.82, 2.24) is 14.9 Å². The smallest absolute Gasteiger partial charge is 0.345 e. The lowest BCUT2D eigenvalue weighted by atomic mass is 10.1. The normalized spacial score (nSPS) is 18.8. The molecule has 1 fully saturated rings. The van der Waals surface area contributed by atoms with Gasteiger partial charge in [-0.15, -0.1) is 0 Å². The molecule has 1 amide bonds. The summed E-state index contributed by atoms with van der Waals surface area (Å²) in [6.45, 7) is 7.63. The first kappa shape index (κ1) is 15.7. The second-order valence-electron chi connectivity index (χ2n) is 5.46. The van der Waals surface area contributed by atoms with E-state index in [0.29, 0.717) is 38.3 Å². The van der Waals surface area contributed by atoms with E-state index in [1.54, 1.807) is 0 Å². The Kier molecular flexibility index (Phi) is 5.12. The largest absolute Gasteiger partial charge is 0.377 e. The first-order valence-electron chi connectivity index (χ1n) is 7.46.